The van der Waals surface area contributed by atoms with Crippen LogP contribution in [0.15, 0.2) is 18.2 Å². The lowest BCUT2D eigenvalue weighted by atomic mass is 9.96. The van der Waals surface area contributed by atoms with Crippen molar-refractivity contribution in [1.82, 2.24) is 4.90 Å². The van der Waals surface area contributed by atoms with Crippen molar-refractivity contribution in [1.29, 1.82) is 0 Å². The highest BCUT2D eigenvalue weighted by molar-refractivity contribution is 5.94. The van der Waals surface area contributed by atoms with Crippen LogP contribution >= 0.6 is 0 Å². The molecular weight excluding hydrogens is 264 g/mol. The summed E-state index contributed by atoms with van der Waals surface area (Å²) in [4.78, 5) is 14.3. The summed E-state index contributed by atoms with van der Waals surface area (Å²) in [5.74, 6) is 5.97. The zero-order valence-electron chi connectivity index (χ0n) is 12.6. The lowest BCUT2D eigenvalue weighted by Crippen LogP contribution is -2.44. The molecule has 21 heavy (non-hydrogen) atoms. The number of nitrogens with two attached hydrogens (primary N) is 1. The Balaban J connectivity index is 2.15. The van der Waals surface area contributed by atoms with Crippen molar-refractivity contribution >= 4 is 5.91 Å². The van der Waals surface area contributed by atoms with Crippen molar-refractivity contribution in [2.45, 2.75) is 26.4 Å². The van der Waals surface area contributed by atoms with Gasteiger partial charge in [-0.3, -0.25) is 4.79 Å². The van der Waals surface area contributed by atoms with Crippen molar-refractivity contribution in [3.05, 3.63) is 34.9 Å². The average Bonchev–Trinajstić information content (AvgIpc) is 2.48. The number of piperidine rings is 1. The number of nitrogens with zero attached hydrogens (tertiary/aromatic N) is 1. The normalized spacial score (nSPS) is 21.6. The molecule has 0 spiro atoms. The molecular formula is C17H22N2O2. The van der Waals surface area contributed by atoms with Gasteiger partial charge in [0.05, 0.1) is 12.6 Å². The number of aliphatic hydroxyl groups is 1. The number of aliphatic hydroxyl groups excluding tert-OH is 1. The Morgan fingerprint density at radius 3 is 2.90 bits per heavy atom. The number of carbonyl (C=O) groups excluding carboxylic acids is 1. The van der Waals surface area contributed by atoms with Gasteiger partial charge in [-0.05, 0) is 43.0 Å². The third-order valence-electron chi connectivity index (χ3n) is 3.95. The number of benzene rings is 1. The predicted molar refractivity (Wildman–Crippen MR) is 82.8 cm³/mol. The Morgan fingerprint density at radius 1 is 1.52 bits per heavy atom. The topological polar surface area (TPSA) is 66.6 Å². The van der Waals surface area contributed by atoms with E-state index in [1.165, 1.54) is 0 Å². The van der Waals surface area contributed by atoms with Crippen LogP contribution in [0.1, 0.15) is 34.8 Å². The first-order valence-electron chi connectivity index (χ1n) is 7.30. The van der Waals surface area contributed by atoms with Crippen LogP contribution in [-0.2, 0) is 0 Å². The Labute approximate surface area is 125 Å². The highest BCUT2D eigenvalue weighted by Gasteiger charge is 2.27. The summed E-state index contributed by atoms with van der Waals surface area (Å²) >= 11 is 0. The van der Waals surface area contributed by atoms with Gasteiger partial charge in [-0.2, -0.15) is 0 Å². The molecule has 1 saturated heterocycles. The average molecular weight is 286 g/mol. The molecule has 0 aliphatic carbocycles. The molecule has 1 aliphatic rings. The predicted octanol–water partition coefficient (Wildman–Crippen LogP) is 1.15. The fourth-order valence-corrected chi connectivity index (χ4v) is 2.58. The molecule has 4 nitrogen and oxygen atoms in total. The van der Waals surface area contributed by atoms with Gasteiger partial charge in [-0.15, -0.1) is 0 Å². The van der Waals surface area contributed by atoms with Crippen molar-refractivity contribution in [3.8, 4) is 11.8 Å². The minimum Gasteiger partial charge on any atom is -0.393 e. The highest BCUT2D eigenvalue weighted by atomic mass is 16.3. The van der Waals surface area contributed by atoms with Gasteiger partial charge >= 0.3 is 0 Å². The summed E-state index contributed by atoms with van der Waals surface area (Å²) in [6.45, 7) is 5.46. The number of amides is 1. The maximum absolute atomic E-state index is 12.5. The van der Waals surface area contributed by atoms with Crippen LogP contribution in [0.5, 0.6) is 0 Å². The van der Waals surface area contributed by atoms with E-state index in [1.54, 1.807) is 0 Å². The Hall–Kier alpha value is -1.83. The van der Waals surface area contributed by atoms with Gasteiger partial charge in [0, 0.05) is 24.2 Å². The largest absolute Gasteiger partial charge is 0.393 e. The van der Waals surface area contributed by atoms with Gasteiger partial charge in [0.2, 0.25) is 0 Å². The van der Waals surface area contributed by atoms with Gasteiger partial charge in [0.15, 0.2) is 0 Å². The molecule has 1 aliphatic heterocycles. The molecule has 112 valence electrons. The van der Waals surface area contributed by atoms with Gasteiger partial charge in [-0.1, -0.05) is 18.8 Å². The standard InChI is InChI=1S/C17H22N2O2/c1-12-10-15(6-5-14(12)4-3-8-18)17(21)19-9-7-16(20)13(2)11-19/h5-6,10,13,16,20H,7-9,11,18H2,1-2H3. The van der Waals surface area contributed by atoms with Crippen molar-refractivity contribution in [2.75, 3.05) is 19.6 Å². The number of rotatable bonds is 1. The summed E-state index contributed by atoms with van der Waals surface area (Å²) in [6, 6.07) is 5.55. The lowest BCUT2D eigenvalue weighted by Gasteiger charge is -2.34. The first-order valence-corrected chi connectivity index (χ1v) is 7.30. The van der Waals surface area contributed by atoms with E-state index in [0.717, 1.165) is 11.1 Å². The summed E-state index contributed by atoms with van der Waals surface area (Å²) in [7, 11) is 0. The molecule has 1 fully saturated rings. The monoisotopic (exact) mass is 286 g/mol. The molecule has 0 bridgehead atoms. The molecule has 1 aromatic carbocycles. The summed E-state index contributed by atoms with van der Waals surface area (Å²) in [5, 5.41) is 9.75. The Kier molecular flexibility index (Phi) is 5.00. The summed E-state index contributed by atoms with van der Waals surface area (Å²) in [6.07, 6.45) is 0.344. The maximum atomic E-state index is 12.5. The second-order valence-electron chi connectivity index (χ2n) is 5.62. The molecule has 2 rings (SSSR count). The van der Waals surface area contributed by atoms with Crippen LogP contribution in [0.25, 0.3) is 0 Å². The zero-order chi connectivity index (χ0) is 15.4. The zero-order valence-corrected chi connectivity index (χ0v) is 12.6. The van der Waals surface area contributed by atoms with E-state index in [0.29, 0.717) is 31.6 Å². The SMILES string of the molecule is Cc1cc(C(=O)N2CCC(O)C(C)C2)ccc1C#CCN. The minimum absolute atomic E-state index is 0.0233. The van der Waals surface area contributed by atoms with E-state index in [2.05, 4.69) is 11.8 Å². The minimum atomic E-state index is -0.301. The van der Waals surface area contributed by atoms with Crippen molar-refractivity contribution in [3.63, 3.8) is 0 Å². The van der Waals surface area contributed by atoms with E-state index in [1.807, 2.05) is 36.9 Å². The number of hydrogen-bond acceptors (Lipinski definition) is 3. The second kappa shape index (κ2) is 6.75. The van der Waals surface area contributed by atoms with E-state index in [9.17, 15) is 9.90 Å². The smallest absolute Gasteiger partial charge is 0.253 e. The molecule has 0 radical (unpaired) electrons. The van der Waals surface area contributed by atoms with E-state index in [-0.39, 0.29) is 17.9 Å². The fraction of sp³-hybridized carbons (Fsp3) is 0.471. The van der Waals surface area contributed by atoms with E-state index >= 15 is 0 Å². The quantitative estimate of drug-likeness (QED) is 0.761. The molecule has 0 aromatic heterocycles. The van der Waals surface area contributed by atoms with Crippen LogP contribution in [0.4, 0.5) is 0 Å². The first-order chi connectivity index (χ1) is 10.0. The molecule has 1 amide bonds. The Bertz CT molecular complexity index is 586. The Morgan fingerprint density at radius 2 is 2.29 bits per heavy atom. The maximum Gasteiger partial charge on any atom is 0.253 e. The molecule has 0 saturated carbocycles. The van der Waals surface area contributed by atoms with Crippen molar-refractivity contribution in [2.24, 2.45) is 11.7 Å². The van der Waals surface area contributed by atoms with Gasteiger partial charge in [0.25, 0.3) is 5.91 Å². The second-order valence-corrected chi connectivity index (χ2v) is 5.62. The molecule has 1 aromatic rings. The van der Waals surface area contributed by atoms with Crippen molar-refractivity contribution < 1.29 is 9.90 Å². The van der Waals surface area contributed by atoms with Gasteiger partial charge in [0.1, 0.15) is 0 Å². The first kappa shape index (κ1) is 15.6. The number of likely N-dealkylation sites (tertiary alicyclic amines) is 1. The number of hydrogen-bond donors (Lipinski definition) is 2. The summed E-state index contributed by atoms with van der Waals surface area (Å²) in [5.41, 5.74) is 7.93. The van der Waals surface area contributed by atoms with Gasteiger partial charge in [-0.25, -0.2) is 0 Å². The fourth-order valence-electron chi connectivity index (χ4n) is 2.58. The number of aryl methyl sites for hydroxylation is 1. The number of carbonyl (C=O) groups is 1. The van der Waals surface area contributed by atoms with Crippen LogP contribution < -0.4 is 5.73 Å². The van der Waals surface area contributed by atoms with Crippen LogP contribution in [0, 0.1) is 24.7 Å². The molecule has 2 unspecified atom stereocenters. The lowest BCUT2D eigenvalue weighted by molar-refractivity contribution is 0.0297. The van der Waals surface area contributed by atoms with E-state index < -0.39 is 0 Å². The van der Waals surface area contributed by atoms with Crippen LogP contribution in [0.2, 0.25) is 0 Å². The highest BCUT2D eigenvalue weighted by Crippen LogP contribution is 2.19. The third-order valence-corrected chi connectivity index (χ3v) is 3.95. The molecule has 1 heterocycles. The molecule has 2 atom stereocenters. The third kappa shape index (κ3) is 3.63. The van der Waals surface area contributed by atoms with E-state index in [4.69, 9.17) is 5.73 Å². The summed E-state index contributed by atoms with van der Waals surface area (Å²) < 4.78 is 0. The van der Waals surface area contributed by atoms with Crippen LogP contribution in [-0.4, -0.2) is 41.7 Å². The van der Waals surface area contributed by atoms with Crippen LogP contribution in [0.3, 0.4) is 0 Å². The van der Waals surface area contributed by atoms with Gasteiger partial charge < -0.3 is 15.7 Å². The molecule has 3 N–H and O–H groups in total. The molecule has 4 heteroatoms.